The molecule has 0 aliphatic heterocycles. The van der Waals surface area contributed by atoms with Gasteiger partial charge in [-0.15, -0.1) is 0 Å². The van der Waals surface area contributed by atoms with Gasteiger partial charge in [0.15, 0.2) is 0 Å². The topological polar surface area (TPSA) is 103 Å². The molecule has 0 radical (unpaired) electrons. The first-order chi connectivity index (χ1) is 13.5. The van der Waals surface area contributed by atoms with Crippen LogP contribution in [0.4, 0.5) is 5.69 Å². The second kappa shape index (κ2) is 6.70. The van der Waals surface area contributed by atoms with Crippen LogP contribution in [0.2, 0.25) is 0 Å². The molecule has 28 heavy (non-hydrogen) atoms. The molecule has 0 amide bonds. The summed E-state index contributed by atoms with van der Waals surface area (Å²) in [7, 11) is 1.62. The molecule has 140 valence electrons. The van der Waals surface area contributed by atoms with Gasteiger partial charge in [0.05, 0.1) is 22.5 Å². The van der Waals surface area contributed by atoms with E-state index in [1.807, 2.05) is 31.2 Å². The minimum absolute atomic E-state index is 0.0187. The Labute approximate surface area is 159 Å². The Balaban J connectivity index is 1.93. The Kier molecular flexibility index (Phi) is 4.19. The van der Waals surface area contributed by atoms with E-state index in [2.05, 4.69) is 15.2 Å². The van der Waals surface area contributed by atoms with Gasteiger partial charge in [-0.25, -0.2) is 0 Å². The number of aromatic nitrogens is 3. The Bertz CT molecular complexity index is 1340. The quantitative estimate of drug-likeness (QED) is 0.480. The minimum atomic E-state index is -0.430. The first kappa shape index (κ1) is 17.5. The Hall–Kier alpha value is -3.87. The predicted molar refractivity (Wildman–Crippen MR) is 110 cm³/mol. The number of pyridine rings is 1. The summed E-state index contributed by atoms with van der Waals surface area (Å²) in [6.45, 7) is 1.95. The number of aliphatic imine (C=N–C) groups is 1. The molecule has 2 aromatic carbocycles. The average molecular weight is 374 g/mol. The molecule has 7 nitrogen and oxygen atoms in total. The van der Waals surface area contributed by atoms with Crippen LogP contribution >= 0.6 is 0 Å². The van der Waals surface area contributed by atoms with Crippen LogP contribution in [0.5, 0.6) is 5.75 Å². The van der Waals surface area contributed by atoms with Crippen LogP contribution in [0.15, 0.2) is 63.1 Å². The van der Waals surface area contributed by atoms with Crippen LogP contribution in [0.1, 0.15) is 11.1 Å². The number of rotatable bonds is 3. The SMILES string of the molecule is Cc1cccc(N=Cc2c(-c3c(O)c4ccccc4n(C)c3=O)[nH][nH]c2=O)c1. The smallest absolute Gasteiger partial charge is 0.273 e. The standard InChI is InChI=1S/C21H18N4O3/c1-12-6-5-7-13(10-12)22-11-15-18(23-24-20(15)27)17-19(26)14-8-3-4-9-16(14)25(2)21(17)28/h3-11,26H,1-2H3,(H2,23,24,27). The van der Waals surface area contributed by atoms with Crippen LogP contribution in [0.3, 0.4) is 0 Å². The lowest BCUT2D eigenvalue weighted by molar-refractivity contribution is 0.481. The van der Waals surface area contributed by atoms with Crippen LogP contribution in [-0.2, 0) is 7.05 Å². The minimum Gasteiger partial charge on any atom is -0.506 e. The third kappa shape index (κ3) is 2.83. The van der Waals surface area contributed by atoms with E-state index >= 15 is 0 Å². The lowest BCUT2D eigenvalue weighted by Gasteiger charge is -2.11. The maximum atomic E-state index is 12.9. The summed E-state index contributed by atoms with van der Waals surface area (Å²) in [6, 6.07) is 14.5. The summed E-state index contributed by atoms with van der Waals surface area (Å²) in [5.41, 5.74) is 1.86. The van der Waals surface area contributed by atoms with E-state index in [1.165, 1.54) is 10.8 Å². The summed E-state index contributed by atoms with van der Waals surface area (Å²) >= 11 is 0. The van der Waals surface area contributed by atoms with Gasteiger partial charge >= 0.3 is 0 Å². The largest absolute Gasteiger partial charge is 0.506 e. The molecule has 2 aromatic heterocycles. The molecule has 2 heterocycles. The van der Waals surface area contributed by atoms with Gasteiger partial charge in [-0.1, -0.05) is 24.3 Å². The molecule has 0 atom stereocenters. The zero-order chi connectivity index (χ0) is 19.8. The second-order valence-corrected chi connectivity index (χ2v) is 6.57. The van der Waals surface area contributed by atoms with Gasteiger partial charge in [-0.05, 0) is 36.8 Å². The zero-order valence-corrected chi connectivity index (χ0v) is 15.4. The van der Waals surface area contributed by atoms with E-state index in [9.17, 15) is 14.7 Å². The number of nitrogens with zero attached hydrogens (tertiary/aromatic N) is 2. The average Bonchev–Trinajstić information content (AvgIpc) is 3.05. The van der Waals surface area contributed by atoms with Crippen molar-refractivity contribution in [2.24, 2.45) is 12.0 Å². The maximum absolute atomic E-state index is 12.9. The van der Waals surface area contributed by atoms with Crippen molar-refractivity contribution in [1.82, 2.24) is 14.8 Å². The highest BCUT2D eigenvalue weighted by Gasteiger charge is 2.21. The highest BCUT2D eigenvalue weighted by atomic mass is 16.3. The number of para-hydroxylation sites is 1. The van der Waals surface area contributed by atoms with Gasteiger partial charge in [-0.3, -0.25) is 24.8 Å². The van der Waals surface area contributed by atoms with Crippen molar-refractivity contribution < 1.29 is 5.11 Å². The third-order valence-corrected chi connectivity index (χ3v) is 4.69. The van der Waals surface area contributed by atoms with E-state index in [0.717, 1.165) is 5.56 Å². The Morgan fingerprint density at radius 1 is 1.07 bits per heavy atom. The lowest BCUT2D eigenvalue weighted by atomic mass is 10.1. The summed E-state index contributed by atoms with van der Waals surface area (Å²) < 4.78 is 1.44. The Morgan fingerprint density at radius 3 is 2.64 bits per heavy atom. The number of nitrogens with one attached hydrogen (secondary N) is 2. The summed E-state index contributed by atoms with van der Waals surface area (Å²) in [4.78, 5) is 29.6. The van der Waals surface area contributed by atoms with Gasteiger partial charge in [0.1, 0.15) is 11.3 Å². The molecular weight excluding hydrogens is 356 g/mol. The van der Waals surface area contributed by atoms with E-state index < -0.39 is 11.1 Å². The van der Waals surface area contributed by atoms with Crippen LogP contribution in [-0.4, -0.2) is 26.1 Å². The van der Waals surface area contributed by atoms with Crippen molar-refractivity contribution in [2.75, 3.05) is 0 Å². The predicted octanol–water partition coefficient (Wildman–Crippen LogP) is 2.99. The molecule has 0 saturated carbocycles. The molecule has 7 heteroatoms. The van der Waals surface area contributed by atoms with Gasteiger partial charge < -0.3 is 9.67 Å². The van der Waals surface area contributed by atoms with Crippen molar-refractivity contribution in [1.29, 1.82) is 0 Å². The van der Waals surface area contributed by atoms with Gasteiger partial charge in [-0.2, -0.15) is 0 Å². The van der Waals surface area contributed by atoms with Crippen LogP contribution in [0, 0.1) is 6.92 Å². The number of aryl methyl sites for hydroxylation is 2. The van der Waals surface area contributed by atoms with E-state index in [-0.39, 0.29) is 22.6 Å². The number of aromatic amines is 2. The molecule has 0 aliphatic rings. The van der Waals surface area contributed by atoms with E-state index in [4.69, 9.17) is 0 Å². The van der Waals surface area contributed by atoms with Crippen LogP contribution in [0.25, 0.3) is 22.2 Å². The normalized spacial score (nSPS) is 11.5. The fourth-order valence-electron chi connectivity index (χ4n) is 3.24. The molecule has 0 unspecified atom stereocenters. The van der Waals surface area contributed by atoms with Gasteiger partial charge in [0, 0.05) is 18.6 Å². The number of aromatic hydroxyl groups is 1. The van der Waals surface area contributed by atoms with E-state index in [0.29, 0.717) is 16.6 Å². The van der Waals surface area contributed by atoms with Crippen molar-refractivity contribution in [3.8, 4) is 17.0 Å². The monoisotopic (exact) mass is 374 g/mol. The molecule has 0 fully saturated rings. The summed E-state index contributed by atoms with van der Waals surface area (Å²) in [6.07, 6.45) is 1.40. The van der Waals surface area contributed by atoms with Crippen LogP contribution < -0.4 is 11.1 Å². The van der Waals surface area contributed by atoms with Crippen molar-refractivity contribution in [2.45, 2.75) is 6.92 Å². The van der Waals surface area contributed by atoms with E-state index in [1.54, 1.807) is 31.3 Å². The number of H-pyrrole nitrogens is 2. The fraction of sp³-hybridized carbons (Fsp3) is 0.0952. The zero-order valence-electron chi connectivity index (χ0n) is 15.4. The Morgan fingerprint density at radius 2 is 1.86 bits per heavy atom. The molecule has 0 spiro atoms. The number of hydrogen-bond donors (Lipinski definition) is 3. The molecule has 4 rings (SSSR count). The highest BCUT2D eigenvalue weighted by molar-refractivity contribution is 5.96. The van der Waals surface area contributed by atoms with Crippen molar-refractivity contribution in [3.05, 3.63) is 80.4 Å². The molecule has 0 saturated heterocycles. The molecule has 0 bridgehead atoms. The second-order valence-electron chi connectivity index (χ2n) is 6.57. The first-order valence-electron chi connectivity index (χ1n) is 8.70. The lowest BCUT2D eigenvalue weighted by Crippen LogP contribution is -2.20. The summed E-state index contributed by atoms with van der Waals surface area (Å²) in [5.74, 6) is -0.181. The van der Waals surface area contributed by atoms with Crippen molar-refractivity contribution in [3.63, 3.8) is 0 Å². The number of fused-ring (bicyclic) bond motifs is 1. The molecule has 4 aromatic rings. The molecule has 3 N–H and O–H groups in total. The first-order valence-corrected chi connectivity index (χ1v) is 8.70. The summed E-state index contributed by atoms with van der Waals surface area (Å²) in [5, 5.41) is 16.5. The molecule has 0 aliphatic carbocycles. The van der Waals surface area contributed by atoms with Gasteiger partial charge in [0.2, 0.25) is 0 Å². The number of hydrogen-bond acceptors (Lipinski definition) is 4. The third-order valence-electron chi connectivity index (χ3n) is 4.69. The molecular formula is C21H18N4O3. The number of benzene rings is 2. The fourth-order valence-corrected chi connectivity index (χ4v) is 3.24. The maximum Gasteiger partial charge on any atom is 0.273 e. The van der Waals surface area contributed by atoms with Gasteiger partial charge in [0.25, 0.3) is 11.1 Å². The van der Waals surface area contributed by atoms with Crippen molar-refractivity contribution >= 4 is 22.8 Å². The highest BCUT2D eigenvalue weighted by Crippen LogP contribution is 2.32.